The van der Waals surface area contributed by atoms with Crippen molar-refractivity contribution in [3.05, 3.63) is 35.4 Å². The number of nitrogens with zero attached hydrogens (tertiary/aromatic N) is 2. The molecule has 1 aromatic rings. The van der Waals surface area contributed by atoms with Crippen LogP contribution in [-0.4, -0.2) is 62.9 Å². The minimum absolute atomic E-state index is 0.0295. The summed E-state index contributed by atoms with van der Waals surface area (Å²) >= 11 is 0. The van der Waals surface area contributed by atoms with E-state index < -0.39 is 10.0 Å². The Bertz CT molecular complexity index is 706. The van der Waals surface area contributed by atoms with E-state index in [0.29, 0.717) is 52.2 Å². The first-order valence-electron chi connectivity index (χ1n) is 8.86. The van der Waals surface area contributed by atoms with Crippen molar-refractivity contribution in [3.63, 3.8) is 0 Å². The molecule has 2 aliphatic rings. The maximum atomic E-state index is 12.7. The van der Waals surface area contributed by atoms with E-state index in [1.165, 1.54) is 0 Å². The second-order valence-corrected chi connectivity index (χ2v) is 8.76. The number of morpholine rings is 1. The number of ether oxygens (including phenoxy) is 1. The fourth-order valence-corrected chi connectivity index (χ4v) is 5.15. The standard InChI is InChI=1S/C18H26N2O4S/c1-15-4-2-3-5-17(15)14-25(22,23)20-8-6-16(7-9-20)18(21)19-10-12-24-13-11-19/h2-5,16H,6-14H2,1H3. The number of benzene rings is 1. The number of aryl methyl sites for hydroxylation is 1. The van der Waals surface area contributed by atoms with E-state index >= 15 is 0 Å². The molecule has 25 heavy (non-hydrogen) atoms. The molecule has 2 saturated heterocycles. The molecule has 3 rings (SSSR count). The lowest BCUT2D eigenvalue weighted by Crippen LogP contribution is -2.47. The molecule has 1 aromatic carbocycles. The third-order valence-electron chi connectivity index (χ3n) is 5.12. The first-order chi connectivity index (χ1) is 12.0. The third kappa shape index (κ3) is 4.40. The first-order valence-corrected chi connectivity index (χ1v) is 10.5. The predicted octanol–water partition coefficient (Wildman–Crippen LogP) is 1.40. The molecule has 6 nitrogen and oxygen atoms in total. The van der Waals surface area contributed by atoms with Crippen molar-refractivity contribution in [2.75, 3.05) is 39.4 Å². The Morgan fingerprint density at radius 3 is 2.40 bits per heavy atom. The molecule has 2 heterocycles. The van der Waals surface area contributed by atoms with Crippen LogP contribution in [0.1, 0.15) is 24.0 Å². The maximum Gasteiger partial charge on any atom is 0.225 e. The van der Waals surface area contributed by atoms with Gasteiger partial charge >= 0.3 is 0 Å². The van der Waals surface area contributed by atoms with Crippen molar-refractivity contribution in [1.82, 2.24) is 9.21 Å². The van der Waals surface area contributed by atoms with Gasteiger partial charge in [-0.1, -0.05) is 24.3 Å². The van der Waals surface area contributed by atoms with Gasteiger partial charge in [0.05, 0.1) is 19.0 Å². The molecule has 138 valence electrons. The highest BCUT2D eigenvalue weighted by atomic mass is 32.2. The van der Waals surface area contributed by atoms with Crippen molar-refractivity contribution < 1.29 is 17.9 Å². The highest BCUT2D eigenvalue weighted by Gasteiger charge is 2.33. The number of carbonyl (C=O) groups is 1. The topological polar surface area (TPSA) is 66.9 Å². The number of hydrogen-bond acceptors (Lipinski definition) is 4. The fraction of sp³-hybridized carbons (Fsp3) is 0.611. The van der Waals surface area contributed by atoms with Crippen molar-refractivity contribution in [2.45, 2.75) is 25.5 Å². The van der Waals surface area contributed by atoms with Crippen LogP contribution in [0.3, 0.4) is 0 Å². The molecule has 0 unspecified atom stereocenters. The lowest BCUT2D eigenvalue weighted by Gasteiger charge is -2.35. The number of carbonyl (C=O) groups excluding carboxylic acids is 1. The van der Waals surface area contributed by atoms with E-state index in [9.17, 15) is 13.2 Å². The molecule has 0 atom stereocenters. The molecule has 2 fully saturated rings. The third-order valence-corrected chi connectivity index (χ3v) is 6.95. The molecule has 1 amide bonds. The summed E-state index contributed by atoms with van der Waals surface area (Å²) in [4.78, 5) is 14.4. The summed E-state index contributed by atoms with van der Waals surface area (Å²) in [6, 6.07) is 7.57. The average molecular weight is 366 g/mol. The molecule has 0 radical (unpaired) electrons. The van der Waals surface area contributed by atoms with Gasteiger partial charge in [-0.25, -0.2) is 12.7 Å². The summed E-state index contributed by atoms with van der Waals surface area (Å²) in [7, 11) is -3.34. The average Bonchev–Trinajstić information content (AvgIpc) is 2.64. The van der Waals surface area contributed by atoms with E-state index in [1.54, 1.807) is 4.31 Å². The number of rotatable bonds is 4. The first kappa shape index (κ1) is 18.4. The van der Waals surface area contributed by atoms with Gasteiger partial charge in [-0.3, -0.25) is 4.79 Å². The molecule has 7 heteroatoms. The summed E-state index contributed by atoms with van der Waals surface area (Å²) in [5.74, 6) is 0.115. The molecule has 0 aromatic heterocycles. The monoisotopic (exact) mass is 366 g/mol. The molecular weight excluding hydrogens is 340 g/mol. The van der Waals surface area contributed by atoms with Gasteiger partial charge in [-0.05, 0) is 30.9 Å². The van der Waals surface area contributed by atoms with Crippen molar-refractivity contribution in [2.24, 2.45) is 5.92 Å². The smallest absolute Gasteiger partial charge is 0.225 e. The lowest BCUT2D eigenvalue weighted by atomic mass is 9.96. The summed E-state index contributed by atoms with van der Waals surface area (Å²) < 4.78 is 32.2. The zero-order valence-corrected chi connectivity index (χ0v) is 15.5. The molecular formula is C18H26N2O4S. The predicted molar refractivity (Wildman–Crippen MR) is 95.5 cm³/mol. The van der Waals surface area contributed by atoms with E-state index in [-0.39, 0.29) is 17.6 Å². The zero-order chi connectivity index (χ0) is 17.9. The Morgan fingerprint density at radius 1 is 1.12 bits per heavy atom. The second-order valence-electron chi connectivity index (χ2n) is 6.79. The van der Waals surface area contributed by atoms with E-state index in [1.807, 2.05) is 36.1 Å². The van der Waals surface area contributed by atoms with Crippen LogP contribution >= 0.6 is 0 Å². The molecule has 0 spiro atoms. The highest BCUT2D eigenvalue weighted by Crippen LogP contribution is 2.24. The van der Waals surface area contributed by atoms with Crippen LogP contribution in [0.2, 0.25) is 0 Å². The van der Waals surface area contributed by atoms with Gasteiger partial charge < -0.3 is 9.64 Å². The van der Waals surface area contributed by atoms with Crippen molar-refractivity contribution in [3.8, 4) is 0 Å². The lowest BCUT2D eigenvalue weighted by molar-refractivity contribution is -0.140. The largest absolute Gasteiger partial charge is 0.378 e. The zero-order valence-electron chi connectivity index (χ0n) is 14.7. The van der Waals surface area contributed by atoms with Crippen LogP contribution in [-0.2, 0) is 25.3 Å². The van der Waals surface area contributed by atoms with Gasteiger partial charge in [-0.2, -0.15) is 0 Å². The summed E-state index contributed by atoms with van der Waals surface area (Å²) in [5, 5.41) is 0. The quantitative estimate of drug-likeness (QED) is 0.808. The van der Waals surface area contributed by atoms with Crippen LogP contribution in [0, 0.1) is 12.8 Å². The molecule has 2 aliphatic heterocycles. The Kier molecular flexibility index (Phi) is 5.76. The van der Waals surface area contributed by atoms with E-state index in [0.717, 1.165) is 11.1 Å². The molecule has 0 bridgehead atoms. The van der Waals surface area contributed by atoms with Crippen molar-refractivity contribution >= 4 is 15.9 Å². The molecule has 0 N–H and O–H groups in total. The van der Waals surface area contributed by atoms with Crippen LogP contribution in [0.4, 0.5) is 0 Å². The fourth-order valence-electron chi connectivity index (χ4n) is 3.48. The minimum Gasteiger partial charge on any atom is -0.378 e. The minimum atomic E-state index is -3.34. The van der Waals surface area contributed by atoms with Crippen LogP contribution in [0.5, 0.6) is 0 Å². The number of sulfonamides is 1. The summed E-state index contributed by atoms with van der Waals surface area (Å²) in [6.07, 6.45) is 1.20. The van der Waals surface area contributed by atoms with Gasteiger partial charge in [0, 0.05) is 32.1 Å². The van der Waals surface area contributed by atoms with Crippen LogP contribution in [0.15, 0.2) is 24.3 Å². The molecule has 0 aliphatic carbocycles. The Hall–Kier alpha value is -1.44. The van der Waals surface area contributed by atoms with Gasteiger partial charge in [0.1, 0.15) is 0 Å². The van der Waals surface area contributed by atoms with E-state index in [4.69, 9.17) is 4.74 Å². The van der Waals surface area contributed by atoms with Crippen LogP contribution < -0.4 is 0 Å². The Balaban J connectivity index is 1.57. The van der Waals surface area contributed by atoms with Gasteiger partial charge in [0.2, 0.25) is 15.9 Å². The van der Waals surface area contributed by atoms with Crippen LogP contribution in [0.25, 0.3) is 0 Å². The number of hydrogen-bond donors (Lipinski definition) is 0. The van der Waals surface area contributed by atoms with Crippen molar-refractivity contribution in [1.29, 1.82) is 0 Å². The summed E-state index contributed by atoms with van der Waals surface area (Å²) in [6.45, 7) is 5.25. The van der Waals surface area contributed by atoms with E-state index in [2.05, 4.69) is 0 Å². The number of piperidine rings is 1. The van der Waals surface area contributed by atoms with Gasteiger partial charge in [0.25, 0.3) is 0 Å². The normalized spacial score (nSPS) is 20.6. The number of amides is 1. The Labute approximate surface area is 149 Å². The second kappa shape index (κ2) is 7.85. The maximum absolute atomic E-state index is 12.7. The molecule has 0 saturated carbocycles. The SMILES string of the molecule is Cc1ccccc1CS(=O)(=O)N1CCC(C(=O)N2CCOCC2)CC1. The Morgan fingerprint density at radius 2 is 1.76 bits per heavy atom. The van der Waals surface area contributed by atoms with Gasteiger partial charge in [-0.15, -0.1) is 0 Å². The summed E-state index contributed by atoms with van der Waals surface area (Å²) in [5.41, 5.74) is 1.83. The van der Waals surface area contributed by atoms with Gasteiger partial charge in [0.15, 0.2) is 0 Å². The highest BCUT2D eigenvalue weighted by molar-refractivity contribution is 7.88.